The summed E-state index contributed by atoms with van der Waals surface area (Å²) in [4.78, 5) is 18.5. The van der Waals surface area contributed by atoms with E-state index in [1.165, 1.54) is 11.1 Å². The number of hydrogen-bond acceptors (Lipinski definition) is 3. The number of hydrogen-bond donors (Lipinski definition) is 2. The molecule has 4 aromatic rings. The van der Waals surface area contributed by atoms with Crippen molar-refractivity contribution in [2.45, 2.75) is 33.7 Å². The van der Waals surface area contributed by atoms with Gasteiger partial charge in [0.2, 0.25) is 5.95 Å². The van der Waals surface area contributed by atoms with Crippen molar-refractivity contribution in [1.29, 1.82) is 0 Å². The quantitative estimate of drug-likeness (QED) is 0.433. The molecule has 0 radical (unpaired) electrons. The van der Waals surface area contributed by atoms with Crippen LogP contribution in [0.1, 0.15) is 35.2 Å². The van der Waals surface area contributed by atoms with Crippen molar-refractivity contribution in [3.8, 4) is 0 Å². The highest BCUT2D eigenvalue weighted by Crippen LogP contribution is 2.39. The van der Waals surface area contributed by atoms with Gasteiger partial charge >= 0.3 is 0 Å². The largest absolute Gasteiger partial charge is 0.329 e. The number of imidazole rings is 1. The number of carbonyl (C=O) groups excluding carboxylic acids is 1. The normalized spacial score (nSPS) is 15.4. The lowest BCUT2D eigenvalue weighted by atomic mass is 9.93. The Kier molecular flexibility index (Phi) is 4.82. The Labute approximate surface area is 187 Å². The van der Waals surface area contributed by atoms with Gasteiger partial charge in [-0.25, -0.2) is 4.98 Å². The molecule has 0 bridgehead atoms. The number of fused-ring (bicyclic) bond motifs is 3. The highest BCUT2D eigenvalue weighted by Gasteiger charge is 2.34. The van der Waals surface area contributed by atoms with Crippen LogP contribution >= 0.6 is 0 Å². The van der Waals surface area contributed by atoms with E-state index in [0.717, 1.165) is 39.5 Å². The fourth-order valence-corrected chi connectivity index (χ4v) is 4.47. The van der Waals surface area contributed by atoms with E-state index < -0.39 is 0 Å². The number of anilines is 2. The van der Waals surface area contributed by atoms with Gasteiger partial charge in [0.15, 0.2) is 0 Å². The molecule has 5 nitrogen and oxygen atoms in total. The molecular formula is C27H26N4O. The molecule has 0 spiro atoms. The Morgan fingerprint density at radius 3 is 2.41 bits per heavy atom. The molecule has 32 heavy (non-hydrogen) atoms. The Morgan fingerprint density at radius 1 is 0.938 bits per heavy atom. The SMILES string of the molecule is CC1=C(C(=O)Nc2ccc(C)cc2C)[C@H](c2ccc(C)cc2)n2c(nc3ccccc32)N1. The summed E-state index contributed by atoms with van der Waals surface area (Å²) in [5.41, 5.74) is 8.64. The molecule has 1 aromatic heterocycles. The van der Waals surface area contributed by atoms with Gasteiger partial charge < -0.3 is 10.6 Å². The summed E-state index contributed by atoms with van der Waals surface area (Å²) < 4.78 is 2.13. The van der Waals surface area contributed by atoms with E-state index in [2.05, 4.69) is 65.4 Å². The van der Waals surface area contributed by atoms with E-state index in [-0.39, 0.29) is 11.9 Å². The molecule has 1 atom stereocenters. The molecule has 0 aliphatic carbocycles. The maximum Gasteiger partial charge on any atom is 0.255 e. The number of nitrogens with one attached hydrogen (secondary N) is 2. The van der Waals surface area contributed by atoms with Crippen LogP contribution in [0.25, 0.3) is 11.0 Å². The van der Waals surface area contributed by atoms with Gasteiger partial charge in [-0.15, -0.1) is 0 Å². The zero-order valence-electron chi connectivity index (χ0n) is 18.7. The molecule has 5 heteroatoms. The summed E-state index contributed by atoms with van der Waals surface area (Å²) >= 11 is 0. The van der Waals surface area contributed by atoms with Crippen LogP contribution in [0.4, 0.5) is 11.6 Å². The van der Waals surface area contributed by atoms with Crippen molar-refractivity contribution >= 4 is 28.6 Å². The summed E-state index contributed by atoms with van der Waals surface area (Å²) in [5, 5.41) is 6.52. The maximum atomic E-state index is 13.7. The first-order valence-corrected chi connectivity index (χ1v) is 10.8. The molecule has 0 fully saturated rings. The van der Waals surface area contributed by atoms with Crippen molar-refractivity contribution in [3.05, 3.63) is 100 Å². The van der Waals surface area contributed by atoms with Crippen LogP contribution in [-0.4, -0.2) is 15.5 Å². The molecule has 1 amide bonds. The summed E-state index contributed by atoms with van der Waals surface area (Å²) in [7, 11) is 0. The lowest BCUT2D eigenvalue weighted by Gasteiger charge is -2.31. The van der Waals surface area contributed by atoms with Crippen LogP contribution in [0.3, 0.4) is 0 Å². The van der Waals surface area contributed by atoms with Crippen LogP contribution in [0.15, 0.2) is 78.0 Å². The van der Waals surface area contributed by atoms with Crippen molar-refractivity contribution < 1.29 is 4.79 Å². The molecule has 0 unspecified atom stereocenters. The fourth-order valence-electron chi connectivity index (χ4n) is 4.47. The van der Waals surface area contributed by atoms with Gasteiger partial charge in [0, 0.05) is 11.4 Å². The van der Waals surface area contributed by atoms with Gasteiger partial charge in [0.25, 0.3) is 5.91 Å². The second-order valence-corrected chi connectivity index (χ2v) is 8.54. The standard InChI is InChI=1S/C27H26N4O/c1-16-9-12-20(13-10-16)25-24(26(32)29-21-14-11-17(2)15-18(21)3)19(4)28-27-30-22-7-5-6-8-23(22)31(25)27/h5-15,25H,1-4H3,(H,28,30)(H,29,32)/t25-/m0/s1. The number of para-hydroxylation sites is 2. The smallest absolute Gasteiger partial charge is 0.255 e. The number of rotatable bonds is 3. The number of carbonyl (C=O) groups is 1. The van der Waals surface area contributed by atoms with Crippen molar-refractivity contribution in [2.24, 2.45) is 0 Å². The van der Waals surface area contributed by atoms with Crippen molar-refractivity contribution in [3.63, 3.8) is 0 Å². The number of nitrogens with zero attached hydrogens (tertiary/aromatic N) is 2. The molecule has 1 aliphatic rings. The third kappa shape index (κ3) is 3.36. The van der Waals surface area contributed by atoms with Gasteiger partial charge in [-0.3, -0.25) is 9.36 Å². The first-order valence-electron chi connectivity index (χ1n) is 10.8. The number of aryl methyl sites for hydroxylation is 3. The molecule has 160 valence electrons. The molecule has 0 saturated carbocycles. The average Bonchev–Trinajstić information content (AvgIpc) is 3.13. The Hall–Kier alpha value is -3.86. The minimum atomic E-state index is -0.287. The molecule has 1 aliphatic heterocycles. The number of aromatic nitrogens is 2. The lowest BCUT2D eigenvalue weighted by molar-refractivity contribution is -0.113. The Balaban J connectivity index is 1.65. The van der Waals surface area contributed by atoms with E-state index in [1.807, 2.05) is 44.2 Å². The Morgan fingerprint density at radius 2 is 1.66 bits per heavy atom. The second kappa shape index (κ2) is 7.68. The minimum absolute atomic E-state index is 0.115. The first-order chi connectivity index (χ1) is 15.4. The van der Waals surface area contributed by atoms with E-state index in [9.17, 15) is 4.79 Å². The van der Waals surface area contributed by atoms with Crippen LogP contribution < -0.4 is 10.6 Å². The molecule has 2 N–H and O–H groups in total. The Bertz CT molecular complexity index is 1380. The summed E-state index contributed by atoms with van der Waals surface area (Å²) in [5.74, 6) is 0.633. The van der Waals surface area contributed by atoms with Crippen LogP contribution in [0.5, 0.6) is 0 Å². The number of amides is 1. The maximum absolute atomic E-state index is 13.7. The lowest BCUT2D eigenvalue weighted by Crippen LogP contribution is -2.31. The molecule has 5 rings (SSSR count). The summed E-state index contributed by atoms with van der Waals surface area (Å²) in [6.45, 7) is 8.08. The van der Waals surface area contributed by atoms with E-state index in [0.29, 0.717) is 5.57 Å². The van der Waals surface area contributed by atoms with Crippen molar-refractivity contribution in [1.82, 2.24) is 9.55 Å². The monoisotopic (exact) mass is 422 g/mol. The van der Waals surface area contributed by atoms with Gasteiger partial charge in [-0.2, -0.15) is 0 Å². The molecule has 3 aromatic carbocycles. The summed E-state index contributed by atoms with van der Waals surface area (Å²) in [6.07, 6.45) is 0. The minimum Gasteiger partial charge on any atom is -0.329 e. The van der Waals surface area contributed by atoms with E-state index in [4.69, 9.17) is 4.98 Å². The second-order valence-electron chi connectivity index (χ2n) is 8.54. The van der Waals surface area contributed by atoms with Gasteiger partial charge in [0.1, 0.15) is 0 Å². The van der Waals surface area contributed by atoms with Crippen molar-refractivity contribution in [2.75, 3.05) is 10.6 Å². The van der Waals surface area contributed by atoms with E-state index in [1.54, 1.807) is 0 Å². The fraction of sp³-hybridized carbons (Fsp3) is 0.185. The first kappa shape index (κ1) is 20.1. The molecule has 0 saturated heterocycles. The van der Waals surface area contributed by atoms with Crippen LogP contribution in [0.2, 0.25) is 0 Å². The zero-order chi connectivity index (χ0) is 22.4. The molecule has 2 heterocycles. The van der Waals surface area contributed by atoms with Crippen LogP contribution in [0, 0.1) is 20.8 Å². The average molecular weight is 423 g/mol. The predicted molar refractivity (Wildman–Crippen MR) is 130 cm³/mol. The zero-order valence-corrected chi connectivity index (χ0v) is 18.7. The molecular weight excluding hydrogens is 396 g/mol. The predicted octanol–water partition coefficient (Wildman–Crippen LogP) is 5.89. The highest BCUT2D eigenvalue weighted by molar-refractivity contribution is 6.06. The third-order valence-electron chi connectivity index (χ3n) is 6.10. The summed E-state index contributed by atoms with van der Waals surface area (Å²) in [6, 6.07) is 22.2. The van der Waals surface area contributed by atoms with Gasteiger partial charge in [-0.05, 0) is 57.0 Å². The topological polar surface area (TPSA) is 59.0 Å². The van der Waals surface area contributed by atoms with Gasteiger partial charge in [0.05, 0.1) is 22.6 Å². The third-order valence-corrected chi connectivity index (χ3v) is 6.10. The van der Waals surface area contributed by atoms with Crippen LogP contribution in [-0.2, 0) is 4.79 Å². The number of allylic oxidation sites excluding steroid dienone is 1. The number of benzene rings is 3. The highest BCUT2D eigenvalue weighted by atomic mass is 16.1. The van der Waals surface area contributed by atoms with E-state index >= 15 is 0 Å². The van der Waals surface area contributed by atoms with Gasteiger partial charge in [-0.1, -0.05) is 59.7 Å².